The Morgan fingerprint density at radius 1 is 1.21 bits per heavy atom. The van der Waals surface area contributed by atoms with Crippen LogP contribution in [0.4, 0.5) is 0 Å². The summed E-state index contributed by atoms with van der Waals surface area (Å²) in [6.45, 7) is 5.01. The van der Waals surface area contributed by atoms with Crippen molar-refractivity contribution in [2.24, 2.45) is 5.10 Å². The topological polar surface area (TPSA) is 69.2 Å². The highest BCUT2D eigenvalue weighted by Crippen LogP contribution is 2.36. The summed E-state index contributed by atoms with van der Waals surface area (Å²) in [6.07, 6.45) is 7.61. The maximum absolute atomic E-state index is 12.2. The average Bonchev–Trinajstić information content (AvgIpc) is 2.72. The molecule has 0 aliphatic rings. The van der Waals surface area contributed by atoms with E-state index in [2.05, 4.69) is 16.4 Å². The van der Waals surface area contributed by atoms with Gasteiger partial charge in [-0.05, 0) is 55.3 Å². The smallest absolute Gasteiger partial charge is 0.271 e. The van der Waals surface area contributed by atoms with Crippen molar-refractivity contribution < 1.29 is 19.0 Å². The van der Waals surface area contributed by atoms with Crippen LogP contribution in [-0.2, 0) is 0 Å². The highest BCUT2D eigenvalue weighted by molar-refractivity contribution is 6.32. The normalized spacial score (nSPS) is 10.4. The summed E-state index contributed by atoms with van der Waals surface area (Å²) in [5.74, 6) is 3.59. The Bertz CT molecular complexity index is 889. The van der Waals surface area contributed by atoms with Crippen molar-refractivity contribution in [3.63, 3.8) is 0 Å². The standard InChI is InChI=1S/C22H23ClN2O4/c1-4-11-28-18-9-7-17(8-10-18)22(26)25-24-15-16-13-19(23)21(29-12-5-2)20(14-16)27-6-3/h2,7-10,13-15H,4,6,11-12H2,1,3H3,(H,25,26)/b24-15+. The third kappa shape index (κ3) is 6.74. The van der Waals surface area contributed by atoms with Gasteiger partial charge in [0.2, 0.25) is 0 Å². The molecular weight excluding hydrogens is 392 g/mol. The number of benzene rings is 2. The van der Waals surface area contributed by atoms with E-state index in [4.69, 9.17) is 32.2 Å². The van der Waals surface area contributed by atoms with Crippen molar-refractivity contribution in [2.75, 3.05) is 19.8 Å². The van der Waals surface area contributed by atoms with Crippen LogP contribution in [0.3, 0.4) is 0 Å². The lowest BCUT2D eigenvalue weighted by Gasteiger charge is -2.12. The molecule has 0 bridgehead atoms. The second-order valence-electron chi connectivity index (χ2n) is 5.83. The molecule has 2 aromatic carbocycles. The van der Waals surface area contributed by atoms with Crippen LogP contribution in [0.25, 0.3) is 0 Å². The van der Waals surface area contributed by atoms with Gasteiger partial charge >= 0.3 is 0 Å². The van der Waals surface area contributed by atoms with Crippen LogP contribution < -0.4 is 19.6 Å². The Morgan fingerprint density at radius 3 is 2.62 bits per heavy atom. The number of nitrogens with one attached hydrogen (secondary N) is 1. The Morgan fingerprint density at radius 2 is 1.97 bits per heavy atom. The lowest BCUT2D eigenvalue weighted by molar-refractivity contribution is 0.0955. The number of hydrogen-bond acceptors (Lipinski definition) is 5. The third-order valence-corrected chi connectivity index (χ3v) is 3.88. The molecule has 152 valence electrons. The number of terminal acetylenes is 1. The van der Waals surface area contributed by atoms with E-state index in [9.17, 15) is 4.79 Å². The fourth-order valence-corrected chi connectivity index (χ4v) is 2.61. The first kappa shape index (κ1) is 22.1. The number of hydrogen-bond donors (Lipinski definition) is 1. The third-order valence-electron chi connectivity index (χ3n) is 3.60. The summed E-state index contributed by atoms with van der Waals surface area (Å²) in [5.41, 5.74) is 3.58. The van der Waals surface area contributed by atoms with Gasteiger partial charge in [-0.3, -0.25) is 4.79 Å². The van der Waals surface area contributed by atoms with Crippen molar-refractivity contribution >= 4 is 23.7 Å². The van der Waals surface area contributed by atoms with E-state index < -0.39 is 0 Å². The molecule has 0 heterocycles. The number of hydrazone groups is 1. The molecule has 0 radical (unpaired) electrons. The van der Waals surface area contributed by atoms with Crippen molar-refractivity contribution in [3.8, 4) is 29.6 Å². The van der Waals surface area contributed by atoms with Crippen LogP contribution in [0.15, 0.2) is 41.5 Å². The number of carbonyl (C=O) groups is 1. The first-order chi connectivity index (χ1) is 14.1. The zero-order valence-electron chi connectivity index (χ0n) is 16.4. The van der Waals surface area contributed by atoms with Gasteiger partial charge in [-0.1, -0.05) is 24.4 Å². The molecule has 0 aliphatic carbocycles. The number of halogens is 1. The molecule has 0 fully saturated rings. The van der Waals surface area contributed by atoms with Crippen LogP contribution in [0.5, 0.6) is 17.2 Å². The van der Waals surface area contributed by atoms with Crippen LogP contribution in [0.2, 0.25) is 5.02 Å². The van der Waals surface area contributed by atoms with Crippen molar-refractivity contribution in [2.45, 2.75) is 20.3 Å². The van der Waals surface area contributed by atoms with Crippen LogP contribution in [0, 0.1) is 12.3 Å². The first-order valence-electron chi connectivity index (χ1n) is 9.17. The van der Waals surface area contributed by atoms with E-state index >= 15 is 0 Å². The molecule has 0 saturated heterocycles. The van der Waals surface area contributed by atoms with E-state index in [1.165, 1.54) is 6.21 Å². The van der Waals surface area contributed by atoms with Gasteiger partial charge in [-0.2, -0.15) is 5.10 Å². The predicted molar refractivity (Wildman–Crippen MR) is 114 cm³/mol. The molecule has 0 saturated carbocycles. The van der Waals surface area contributed by atoms with Crippen molar-refractivity contribution in [1.29, 1.82) is 0 Å². The SMILES string of the molecule is C#CCOc1c(Cl)cc(/C=N/NC(=O)c2ccc(OCCC)cc2)cc1OCC. The number of carbonyl (C=O) groups excluding carboxylic acids is 1. The Kier molecular flexibility index (Phi) is 8.87. The summed E-state index contributed by atoms with van der Waals surface area (Å²) < 4.78 is 16.5. The lowest BCUT2D eigenvalue weighted by Crippen LogP contribution is -2.17. The number of amides is 1. The molecule has 29 heavy (non-hydrogen) atoms. The minimum absolute atomic E-state index is 0.0750. The predicted octanol–water partition coefficient (Wildman–Crippen LogP) is 4.30. The van der Waals surface area contributed by atoms with E-state index in [-0.39, 0.29) is 12.5 Å². The summed E-state index contributed by atoms with van der Waals surface area (Å²) >= 11 is 6.26. The molecule has 6 nitrogen and oxygen atoms in total. The summed E-state index contributed by atoms with van der Waals surface area (Å²) in [7, 11) is 0. The second kappa shape index (κ2) is 11.6. The zero-order chi connectivity index (χ0) is 21.1. The Hall–Kier alpha value is -3.17. The van der Waals surface area contributed by atoms with E-state index in [1.54, 1.807) is 36.4 Å². The van der Waals surface area contributed by atoms with Crippen LogP contribution in [0.1, 0.15) is 36.2 Å². The van der Waals surface area contributed by atoms with E-state index in [0.717, 1.165) is 12.2 Å². The molecular formula is C22H23ClN2O4. The maximum atomic E-state index is 12.2. The maximum Gasteiger partial charge on any atom is 0.271 e. The molecule has 0 spiro atoms. The van der Waals surface area contributed by atoms with Gasteiger partial charge in [0.25, 0.3) is 5.91 Å². The minimum Gasteiger partial charge on any atom is -0.494 e. The highest BCUT2D eigenvalue weighted by atomic mass is 35.5. The number of nitrogens with zero attached hydrogens (tertiary/aromatic N) is 1. The van der Waals surface area contributed by atoms with Gasteiger partial charge in [-0.15, -0.1) is 6.42 Å². The highest BCUT2D eigenvalue weighted by Gasteiger charge is 2.12. The van der Waals surface area contributed by atoms with Gasteiger partial charge in [0, 0.05) is 5.56 Å². The molecule has 2 aromatic rings. The molecule has 0 aliphatic heterocycles. The summed E-state index contributed by atoms with van der Waals surface area (Å²) in [4.78, 5) is 12.2. The molecule has 2 rings (SSSR count). The monoisotopic (exact) mass is 414 g/mol. The zero-order valence-corrected chi connectivity index (χ0v) is 17.2. The lowest BCUT2D eigenvalue weighted by atomic mass is 10.2. The molecule has 7 heteroatoms. The molecule has 1 amide bonds. The molecule has 0 unspecified atom stereocenters. The minimum atomic E-state index is -0.339. The molecule has 1 N–H and O–H groups in total. The number of ether oxygens (including phenoxy) is 3. The van der Waals surface area contributed by atoms with Gasteiger partial charge in [0.05, 0.1) is 24.5 Å². The number of rotatable bonds is 10. The van der Waals surface area contributed by atoms with Gasteiger partial charge in [-0.25, -0.2) is 5.43 Å². The van der Waals surface area contributed by atoms with E-state index in [0.29, 0.717) is 40.9 Å². The van der Waals surface area contributed by atoms with Crippen molar-refractivity contribution in [3.05, 3.63) is 52.5 Å². The average molecular weight is 415 g/mol. The Labute approximate surface area is 175 Å². The van der Waals surface area contributed by atoms with Crippen molar-refractivity contribution in [1.82, 2.24) is 5.43 Å². The van der Waals surface area contributed by atoms with Gasteiger partial charge < -0.3 is 14.2 Å². The van der Waals surface area contributed by atoms with Crippen LogP contribution in [-0.4, -0.2) is 31.9 Å². The first-order valence-corrected chi connectivity index (χ1v) is 9.55. The van der Waals surface area contributed by atoms with Crippen LogP contribution >= 0.6 is 11.6 Å². The molecule has 0 atom stereocenters. The summed E-state index contributed by atoms with van der Waals surface area (Å²) in [6, 6.07) is 10.2. The fourth-order valence-electron chi connectivity index (χ4n) is 2.33. The quantitative estimate of drug-likeness (QED) is 0.357. The largest absolute Gasteiger partial charge is 0.494 e. The summed E-state index contributed by atoms with van der Waals surface area (Å²) in [5, 5.41) is 4.32. The molecule has 0 aromatic heterocycles. The van der Waals surface area contributed by atoms with E-state index in [1.807, 2.05) is 13.8 Å². The second-order valence-corrected chi connectivity index (χ2v) is 6.23. The fraction of sp³-hybridized carbons (Fsp3) is 0.273. The Balaban J connectivity index is 2.05. The van der Waals surface area contributed by atoms with Gasteiger partial charge in [0.15, 0.2) is 11.5 Å². The van der Waals surface area contributed by atoms with Gasteiger partial charge in [0.1, 0.15) is 12.4 Å².